The second-order valence-corrected chi connectivity index (χ2v) is 6.54. The first-order chi connectivity index (χ1) is 13.4. The largest absolute Gasteiger partial charge is 0.491 e. The van der Waals surface area contributed by atoms with E-state index in [1.807, 2.05) is 45.0 Å². The van der Waals surface area contributed by atoms with E-state index >= 15 is 0 Å². The van der Waals surface area contributed by atoms with E-state index in [-0.39, 0.29) is 19.2 Å². The molecular formula is C21H27F2N3O2. The van der Waals surface area contributed by atoms with Crippen LogP contribution in [0.1, 0.15) is 31.0 Å². The molecule has 0 spiro atoms. The lowest BCUT2D eigenvalue weighted by Crippen LogP contribution is -2.39. The SMILES string of the molecule is CCNC(=NCC(O)COc1cccc(C)c1)NC(C)c1ccc(F)c(F)c1. The summed E-state index contributed by atoms with van der Waals surface area (Å²) >= 11 is 0. The van der Waals surface area contributed by atoms with Crippen LogP contribution in [0.15, 0.2) is 47.5 Å². The van der Waals surface area contributed by atoms with Crippen LogP contribution < -0.4 is 15.4 Å². The van der Waals surface area contributed by atoms with Crippen LogP contribution in [0.3, 0.4) is 0 Å². The standard InChI is InChI=1S/C21H27F2N3O2/c1-4-24-21(26-15(3)16-8-9-19(22)20(23)11-16)25-12-17(27)13-28-18-7-5-6-14(2)10-18/h5-11,15,17,27H,4,12-13H2,1-3H3,(H2,24,25,26). The van der Waals surface area contributed by atoms with Crippen molar-refractivity contribution in [3.05, 3.63) is 65.2 Å². The first kappa shape index (κ1) is 21.6. The summed E-state index contributed by atoms with van der Waals surface area (Å²) in [6, 6.07) is 11.1. The van der Waals surface area contributed by atoms with E-state index in [0.29, 0.717) is 23.8 Å². The van der Waals surface area contributed by atoms with Gasteiger partial charge in [0.05, 0.1) is 12.6 Å². The predicted octanol–water partition coefficient (Wildman–Crippen LogP) is 3.33. The average Bonchev–Trinajstić information content (AvgIpc) is 2.66. The van der Waals surface area contributed by atoms with Crippen LogP contribution in [0.2, 0.25) is 0 Å². The van der Waals surface area contributed by atoms with Crippen molar-refractivity contribution in [2.24, 2.45) is 4.99 Å². The van der Waals surface area contributed by atoms with Crippen molar-refractivity contribution in [1.82, 2.24) is 10.6 Å². The number of benzene rings is 2. The molecule has 2 aromatic rings. The fraction of sp³-hybridized carbons (Fsp3) is 0.381. The van der Waals surface area contributed by atoms with Crippen molar-refractivity contribution in [2.75, 3.05) is 19.7 Å². The smallest absolute Gasteiger partial charge is 0.191 e. The van der Waals surface area contributed by atoms with E-state index in [2.05, 4.69) is 15.6 Å². The highest BCUT2D eigenvalue weighted by Gasteiger charge is 2.12. The molecule has 5 nitrogen and oxygen atoms in total. The van der Waals surface area contributed by atoms with Crippen molar-refractivity contribution < 1.29 is 18.6 Å². The van der Waals surface area contributed by atoms with Crippen LogP contribution in [0.25, 0.3) is 0 Å². The van der Waals surface area contributed by atoms with Crippen molar-refractivity contribution in [1.29, 1.82) is 0 Å². The topological polar surface area (TPSA) is 65.9 Å². The lowest BCUT2D eigenvalue weighted by atomic mass is 10.1. The molecule has 0 heterocycles. The molecule has 7 heteroatoms. The molecule has 2 aromatic carbocycles. The Balaban J connectivity index is 1.92. The summed E-state index contributed by atoms with van der Waals surface area (Å²) in [5, 5.41) is 16.3. The third-order valence-corrected chi connectivity index (χ3v) is 4.03. The second-order valence-electron chi connectivity index (χ2n) is 6.54. The van der Waals surface area contributed by atoms with E-state index in [0.717, 1.165) is 17.7 Å². The number of halogens is 2. The third kappa shape index (κ3) is 6.81. The number of guanidine groups is 1. The van der Waals surface area contributed by atoms with Crippen LogP contribution in [0.4, 0.5) is 8.78 Å². The third-order valence-electron chi connectivity index (χ3n) is 4.03. The molecule has 0 aromatic heterocycles. The summed E-state index contributed by atoms with van der Waals surface area (Å²) in [7, 11) is 0. The fourth-order valence-electron chi connectivity index (χ4n) is 2.54. The number of aliphatic hydroxyl groups excluding tert-OH is 1. The number of aliphatic imine (C=N–C) groups is 1. The summed E-state index contributed by atoms with van der Waals surface area (Å²) < 4.78 is 32.1. The predicted molar refractivity (Wildman–Crippen MR) is 107 cm³/mol. The molecule has 2 rings (SSSR count). The Hall–Kier alpha value is -2.67. The quantitative estimate of drug-likeness (QED) is 0.477. The lowest BCUT2D eigenvalue weighted by Gasteiger charge is -2.19. The first-order valence-electron chi connectivity index (χ1n) is 9.26. The minimum Gasteiger partial charge on any atom is -0.491 e. The van der Waals surface area contributed by atoms with Crippen molar-refractivity contribution in [3.8, 4) is 5.75 Å². The highest BCUT2D eigenvalue weighted by molar-refractivity contribution is 5.80. The van der Waals surface area contributed by atoms with Crippen molar-refractivity contribution in [3.63, 3.8) is 0 Å². The van der Waals surface area contributed by atoms with Crippen LogP contribution in [-0.2, 0) is 0 Å². The highest BCUT2D eigenvalue weighted by atomic mass is 19.2. The maximum Gasteiger partial charge on any atom is 0.191 e. The number of ether oxygens (including phenoxy) is 1. The maximum atomic E-state index is 13.4. The summed E-state index contributed by atoms with van der Waals surface area (Å²) in [4.78, 5) is 4.35. The number of aliphatic hydroxyl groups is 1. The number of hydrogen-bond acceptors (Lipinski definition) is 3. The number of nitrogens with one attached hydrogen (secondary N) is 2. The van der Waals surface area contributed by atoms with Gasteiger partial charge in [-0.1, -0.05) is 18.2 Å². The fourth-order valence-corrected chi connectivity index (χ4v) is 2.54. The van der Waals surface area contributed by atoms with Gasteiger partial charge in [-0.25, -0.2) is 8.78 Å². The minimum atomic E-state index is -0.892. The molecule has 0 aliphatic carbocycles. The van der Waals surface area contributed by atoms with Crippen LogP contribution in [0, 0.1) is 18.6 Å². The van der Waals surface area contributed by atoms with Gasteiger partial charge in [-0.15, -0.1) is 0 Å². The molecule has 28 heavy (non-hydrogen) atoms. The van der Waals surface area contributed by atoms with Gasteiger partial charge in [0.1, 0.15) is 18.5 Å². The van der Waals surface area contributed by atoms with E-state index < -0.39 is 17.7 Å². The molecule has 0 amide bonds. The molecular weight excluding hydrogens is 364 g/mol. The Labute approximate surface area is 164 Å². The lowest BCUT2D eigenvalue weighted by molar-refractivity contribution is 0.114. The maximum absolute atomic E-state index is 13.4. The van der Waals surface area contributed by atoms with E-state index in [4.69, 9.17) is 4.74 Å². The van der Waals surface area contributed by atoms with E-state index in [9.17, 15) is 13.9 Å². The molecule has 0 bridgehead atoms. The molecule has 152 valence electrons. The Bertz CT molecular complexity index is 799. The zero-order valence-corrected chi connectivity index (χ0v) is 16.4. The zero-order valence-electron chi connectivity index (χ0n) is 16.4. The van der Waals surface area contributed by atoms with Gasteiger partial charge in [0.15, 0.2) is 17.6 Å². The van der Waals surface area contributed by atoms with Gasteiger partial charge in [0.25, 0.3) is 0 Å². The van der Waals surface area contributed by atoms with Gasteiger partial charge in [-0.2, -0.15) is 0 Å². The molecule has 0 saturated carbocycles. The Kier molecular flexibility index (Phi) is 8.19. The highest BCUT2D eigenvalue weighted by Crippen LogP contribution is 2.16. The molecule has 2 unspecified atom stereocenters. The molecule has 0 aliphatic rings. The van der Waals surface area contributed by atoms with Gasteiger partial charge < -0.3 is 20.5 Å². The van der Waals surface area contributed by atoms with Gasteiger partial charge >= 0.3 is 0 Å². The van der Waals surface area contributed by atoms with Gasteiger partial charge in [0, 0.05) is 6.54 Å². The van der Waals surface area contributed by atoms with E-state index in [1.165, 1.54) is 6.07 Å². The summed E-state index contributed by atoms with van der Waals surface area (Å²) in [6.07, 6.45) is -0.783. The number of hydrogen-bond donors (Lipinski definition) is 3. The number of rotatable bonds is 8. The van der Waals surface area contributed by atoms with Gasteiger partial charge in [0.2, 0.25) is 0 Å². The second kappa shape index (κ2) is 10.6. The molecule has 2 atom stereocenters. The summed E-state index contributed by atoms with van der Waals surface area (Å²) in [5.74, 6) is -0.612. The van der Waals surface area contributed by atoms with Gasteiger partial charge in [-0.05, 0) is 56.2 Å². The van der Waals surface area contributed by atoms with Crippen molar-refractivity contribution >= 4 is 5.96 Å². The Morgan fingerprint density at radius 2 is 1.96 bits per heavy atom. The van der Waals surface area contributed by atoms with E-state index in [1.54, 1.807) is 0 Å². The average molecular weight is 391 g/mol. The Morgan fingerprint density at radius 3 is 2.64 bits per heavy atom. The van der Waals surface area contributed by atoms with Crippen molar-refractivity contribution in [2.45, 2.75) is 32.9 Å². The minimum absolute atomic E-state index is 0.116. The molecule has 0 fully saturated rings. The summed E-state index contributed by atoms with van der Waals surface area (Å²) in [6.45, 7) is 6.56. The van der Waals surface area contributed by atoms with Crippen LogP contribution >= 0.6 is 0 Å². The first-order valence-corrected chi connectivity index (χ1v) is 9.26. The van der Waals surface area contributed by atoms with Crippen LogP contribution in [0.5, 0.6) is 5.75 Å². The van der Waals surface area contributed by atoms with Gasteiger partial charge in [-0.3, -0.25) is 4.99 Å². The number of aryl methyl sites for hydroxylation is 1. The monoisotopic (exact) mass is 391 g/mol. The number of nitrogens with zero attached hydrogens (tertiary/aromatic N) is 1. The molecule has 0 saturated heterocycles. The van der Waals surface area contributed by atoms with Crippen LogP contribution in [-0.4, -0.2) is 36.9 Å². The molecule has 3 N–H and O–H groups in total. The Morgan fingerprint density at radius 1 is 1.18 bits per heavy atom. The normalized spacial score (nSPS) is 13.7. The zero-order chi connectivity index (χ0) is 20.5. The summed E-state index contributed by atoms with van der Waals surface area (Å²) in [5.41, 5.74) is 1.67. The molecule has 0 aliphatic heterocycles. The molecule has 0 radical (unpaired) electrons.